The van der Waals surface area contributed by atoms with Gasteiger partial charge in [0.05, 0.1) is 16.8 Å². The number of likely N-dealkylation sites (tertiary alicyclic amines) is 1. The molecule has 0 saturated carbocycles. The van der Waals surface area contributed by atoms with E-state index in [0.29, 0.717) is 24.4 Å². The quantitative estimate of drug-likeness (QED) is 0.672. The SMILES string of the molecule is CC(NC(=O)COC(=O)C1CCCN(C(=O)c2cccs2)C1)c1ccc2c(c1)CCCC2. The number of nitrogens with zero attached hydrogens (tertiary/aromatic N) is 1. The van der Waals surface area contributed by atoms with Crippen LogP contribution in [0.1, 0.15) is 65.0 Å². The number of rotatable bonds is 6. The maximum Gasteiger partial charge on any atom is 0.311 e. The molecule has 1 N–H and O–H groups in total. The molecule has 2 aromatic rings. The lowest BCUT2D eigenvalue weighted by Crippen LogP contribution is -2.43. The van der Waals surface area contributed by atoms with E-state index in [1.807, 2.05) is 18.4 Å². The topological polar surface area (TPSA) is 75.7 Å². The third-order valence-corrected chi connectivity index (χ3v) is 7.23. The second-order valence-electron chi connectivity index (χ2n) is 8.70. The van der Waals surface area contributed by atoms with Gasteiger partial charge in [-0.3, -0.25) is 14.4 Å². The Labute approximate surface area is 192 Å². The summed E-state index contributed by atoms with van der Waals surface area (Å²) in [4.78, 5) is 39.9. The molecule has 170 valence electrons. The summed E-state index contributed by atoms with van der Waals surface area (Å²) in [5.41, 5.74) is 3.85. The molecule has 2 amide bonds. The van der Waals surface area contributed by atoms with Crippen molar-refractivity contribution < 1.29 is 19.1 Å². The van der Waals surface area contributed by atoms with Gasteiger partial charge in [0, 0.05) is 13.1 Å². The van der Waals surface area contributed by atoms with Crippen molar-refractivity contribution in [1.29, 1.82) is 0 Å². The smallest absolute Gasteiger partial charge is 0.311 e. The molecule has 1 fully saturated rings. The number of piperidine rings is 1. The van der Waals surface area contributed by atoms with Crippen molar-refractivity contribution >= 4 is 29.1 Å². The van der Waals surface area contributed by atoms with Gasteiger partial charge in [-0.25, -0.2) is 0 Å². The number of nitrogens with one attached hydrogen (secondary N) is 1. The molecule has 2 heterocycles. The van der Waals surface area contributed by atoms with Gasteiger partial charge in [0.1, 0.15) is 0 Å². The summed E-state index contributed by atoms with van der Waals surface area (Å²) in [5, 5.41) is 4.80. The molecule has 4 rings (SSSR count). The van der Waals surface area contributed by atoms with Gasteiger partial charge in [0.15, 0.2) is 6.61 Å². The molecule has 1 aliphatic carbocycles. The predicted octanol–water partition coefficient (Wildman–Crippen LogP) is 3.90. The molecular weight excluding hydrogens is 424 g/mol. The highest BCUT2D eigenvalue weighted by atomic mass is 32.1. The monoisotopic (exact) mass is 454 g/mol. The van der Waals surface area contributed by atoms with Crippen LogP contribution in [0.5, 0.6) is 0 Å². The van der Waals surface area contributed by atoms with Crippen LogP contribution in [-0.2, 0) is 27.2 Å². The van der Waals surface area contributed by atoms with Crippen LogP contribution in [0.15, 0.2) is 35.7 Å². The summed E-state index contributed by atoms with van der Waals surface area (Å²) in [7, 11) is 0. The second kappa shape index (κ2) is 10.3. The number of thiophene rings is 1. The van der Waals surface area contributed by atoms with Crippen LogP contribution in [0.2, 0.25) is 0 Å². The fraction of sp³-hybridized carbons (Fsp3) is 0.480. The Hall–Kier alpha value is -2.67. The number of hydrogen-bond donors (Lipinski definition) is 1. The zero-order valence-electron chi connectivity index (χ0n) is 18.5. The van der Waals surface area contributed by atoms with Crippen LogP contribution in [-0.4, -0.2) is 42.4 Å². The maximum absolute atomic E-state index is 12.6. The highest BCUT2D eigenvalue weighted by molar-refractivity contribution is 7.12. The van der Waals surface area contributed by atoms with E-state index in [4.69, 9.17) is 4.74 Å². The van der Waals surface area contributed by atoms with Gasteiger partial charge in [-0.1, -0.05) is 24.3 Å². The van der Waals surface area contributed by atoms with Crippen LogP contribution in [0.3, 0.4) is 0 Å². The average Bonchev–Trinajstić information content (AvgIpc) is 3.37. The molecule has 7 heteroatoms. The summed E-state index contributed by atoms with van der Waals surface area (Å²) in [6.45, 7) is 2.62. The third-order valence-electron chi connectivity index (χ3n) is 6.37. The second-order valence-corrected chi connectivity index (χ2v) is 9.65. The Morgan fingerprint density at radius 1 is 1.16 bits per heavy atom. The first kappa shape index (κ1) is 22.5. The summed E-state index contributed by atoms with van der Waals surface area (Å²) >= 11 is 1.40. The molecule has 1 saturated heterocycles. The number of fused-ring (bicyclic) bond motifs is 1. The number of esters is 1. The third kappa shape index (κ3) is 5.38. The largest absolute Gasteiger partial charge is 0.455 e. The normalized spacial score (nSPS) is 19.0. The fourth-order valence-electron chi connectivity index (χ4n) is 4.55. The number of carbonyl (C=O) groups is 3. The number of amides is 2. The van der Waals surface area contributed by atoms with Gasteiger partial charge < -0.3 is 15.0 Å². The summed E-state index contributed by atoms with van der Waals surface area (Å²) in [6, 6.07) is 9.91. The minimum absolute atomic E-state index is 0.0471. The Morgan fingerprint density at radius 3 is 2.75 bits per heavy atom. The molecule has 32 heavy (non-hydrogen) atoms. The summed E-state index contributed by atoms with van der Waals surface area (Å²) < 4.78 is 5.30. The zero-order chi connectivity index (χ0) is 22.5. The minimum Gasteiger partial charge on any atom is -0.455 e. The lowest BCUT2D eigenvalue weighted by molar-refractivity contribution is -0.154. The number of ether oxygens (including phenoxy) is 1. The number of carbonyl (C=O) groups excluding carboxylic acids is 3. The van der Waals surface area contributed by atoms with E-state index in [9.17, 15) is 14.4 Å². The van der Waals surface area contributed by atoms with Crippen LogP contribution < -0.4 is 5.32 Å². The van der Waals surface area contributed by atoms with Crippen LogP contribution in [0, 0.1) is 5.92 Å². The van der Waals surface area contributed by atoms with Crippen molar-refractivity contribution in [3.63, 3.8) is 0 Å². The molecule has 0 radical (unpaired) electrons. The Kier molecular flexibility index (Phi) is 7.25. The Balaban J connectivity index is 1.25. The molecule has 0 bridgehead atoms. The predicted molar refractivity (Wildman–Crippen MR) is 124 cm³/mol. The number of benzene rings is 1. The van der Waals surface area contributed by atoms with E-state index in [0.717, 1.165) is 24.8 Å². The molecule has 2 atom stereocenters. The first-order valence-corrected chi connectivity index (χ1v) is 12.3. The lowest BCUT2D eigenvalue weighted by Gasteiger charge is -2.31. The standard InChI is InChI=1S/C25H30N2O4S/c1-17(19-11-10-18-6-2-3-7-20(18)14-19)26-23(28)16-31-25(30)21-8-4-12-27(15-21)24(29)22-9-5-13-32-22/h5,9-11,13-14,17,21H,2-4,6-8,12,15-16H2,1H3,(H,26,28). The molecule has 6 nitrogen and oxygen atoms in total. The molecule has 0 spiro atoms. The van der Waals surface area contributed by atoms with Crippen LogP contribution in [0.25, 0.3) is 0 Å². The van der Waals surface area contributed by atoms with E-state index in [1.54, 1.807) is 11.0 Å². The summed E-state index contributed by atoms with van der Waals surface area (Å²) in [5.74, 6) is -1.16. The molecular formula is C25H30N2O4S. The maximum atomic E-state index is 12.6. The first-order chi connectivity index (χ1) is 15.5. The van der Waals surface area contributed by atoms with E-state index in [-0.39, 0.29) is 24.5 Å². The van der Waals surface area contributed by atoms with Crippen molar-refractivity contribution in [2.24, 2.45) is 5.92 Å². The molecule has 1 aromatic carbocycles. The van der Waals surface area contributed by atoms with Crippen molar-refractivity contribution in [3.8, 4) is 0 Å². The van der Waals surface area contributed by atoms with Gasteiger partial charge in [0.25, 0.3) is 11.8 Å². The van der Waals surface area contributed by atoms with Crippen molar-refractivity contribution in [2.45, 2.75) is 51.5 Å². The van der Waals surface area contributed by atoms with E-state index in [1.165, 1.54) is 35.3 Å². The highest BCUT2D eigenvalue weighted by Crippen LogP contribution is 2.25. The number of aryl methyl sites for hydroxylation is 2. The van der Waals surface area contributed by atoms with Gasteiger partial charge in [-0.05, 0) is 73.6 Å². The van der Waals surface area contributed by atoms with Gasteiger partial charge >= 0.3 is 5.97 Å². The Morgan fingerprint density at radius 2 is 1.97 bits per heavy atom. The molecule has 2 unspecified atom stereocenters. The molecule has 1 aromatic heterocycles. The van der Waals surface area contributed by atoms with Crippen LogP contribution >= 0.6 is 11.3 Å². The zero-order valence-corrected chi connectivity index (χ0v) is 19.3. The van der Waals surface area contributed by atoms with Gasteiger partial charge in [0.2, 0.25) is 0 Å². The van der Waals surface area contributed by atoms with E-state index >= 15 is 0 Å². The average molecular weight is 455 g/mol. The van der Waals surface area contributed by atoms with Crippen molar-refractivity contribution in [2.75, 3.05) is 19.7 Å². The minimum atomic E-state index is -0.412. The summed E-state index contributed by atoms with van der Waals surface area (Å²) in [6.07, 6.45) is 6.09. The molecule has 1 aliphatic heterocycles. The van der Waals surface area contributed by atoms with E-state index in [2.05, 4.69) is 23.5 Å². The fourth-order valence-corrected chi connectivity index (χ4v) is 5.24. The van der Waals surface area contributed by atoms with Crippen molar-refractivity contribution in [1.82, 2.24) is 10.2 Å². The van der Waals surface area contributed by atoms with Gasteiger partial charge in [-0.15, -0.1) is 11.3 Å². The Bertz CT molecular complexity index is 972. The van der Waals surface area contributed by atoms with E-state index < -0.39 is 11.9 Å². The number of hydrogen-bond acceptors (Lipinski definition) is 5. The first-order valence-electron chi connectivity index (χ1n) is 11.4. The molecule has 2 aliphatic rings. The van der Waals surface area contributed by atoms with Gasteiger partial charge in [-0.2, -0.15) is 0 Å². The van der Waals surface area contributed by atoms with Crippen molar-refractivity contribution in [3.05, 3.63) is 57.3 Å². The van der Waals surface area contributed by atoms with Crippen LogP contribution in [0.4, 0.5) is 0 Å². The highest BCUT2D eigenvalue weighted by Gasteiger charge is 2.30. The lowest BCUT2D eigenvalue weighted by atomic mass is 9.89.